The van der Waals surface area contributed by atoms with Gasteiger partial charge in [-0.2, -0.15) is 0 Å². The van der Waals surface area contributed by atoms with Gasteiger partial charge in [-0.25, -0.2) is 0 Å². The minimum Gasteiger partial charge on any atom is -0.344 e. The van der Waals surface area contributed by atoms with Crippen LogP contribution in [0, 0.1) is 11.3 Å². The molecule has 1 saturated carbocycles. The largest absolute Gasteiger partial charge is 0.344 e. The SMILES string of the molecule is C[C@H](NC(=O)C1CCCCC1)C(=O)N1CCC2(CCNC2)CC1. The monoisotopic (exact) mass is 321 g/mol. The molecule has 0 bridgehead atoms. The second-order valence-corrected chi connectivity index (χ2v) is 7.82. The fourth-order valence-corrected chi connectivity index (χ4v) is 4.46. The van der Waals surface area contributed by atoms with Crippen LogP contribution < -0.4 is 10.6 Å². The van der Waals surface area contributed by atoms with E-state index in [0.717, 1.165) is 64.7 Å². The third kappa shape index (κ3) is 3.87. The van der Waals surface area contributed by atoms with Crippen molar-refractivity contribution in [1.82, 2.24) is 15.5 Å². The van der Waals surface area contributed by atoms with Crippen molar-refractivity contribution in [3.8, 4) is 0 Å². The van der Waals surface area contributed by atoms with Crippen LogP contribution in [0.5, 0.6) is 0 Å². The van der Waals surface area contributed by atoms with Gasteiger partial charge in [-0.15, -0.1) is 0 Å². The second kappa shape index (κ2) is 7.20. The molecule has 0 aromatic carbocycles. The Hall–Kier alpha value is -1.10. The molecule has 5 nitrogen and oxygen atoms in total. The van der Waals surface area contributed by atoms with E-state index in [1.54, 1.807) is 0 Å². The topological polar surface area (TPSA) is 61.4 Å². The molecule has 1 atom stereocenters. The van der Waals surface area contributed by atoms with Crippen LogP contribution in [-0.2, 0) is 9.59 Å². The molecule has 0 aromatic rings. The predicted octanol–water partition coefficient (Wildman–Crippen LogP) is 1.67. The third-order valence-corrected chi connectivity index (χ3v) is 6.17. The van der Waals surface area contributed by atoms with Crippen LogP contribution in [-0.4, -0.2) is 48.9 Å². The quantitative estimate of drug-likeness (QED) is 0.831. The standard InChI is InChI=1S/C18H31N3O2/c1-14(20-16(22)15-5-3-2-4-6-15)17(23)21-11-8-18(9-12-21)7-10-19-13-18/h14-15,19H,2-13H2,1H3,(H,20,22)/t14-/m0/s1. The van der Waals surface area contributed by atoms with Crippen molar-refractivity contribution in [2.75, 3.05) is 26.2 Å². The first kappa shape index (κ1) is 16.7. The first-order chi connectivity index (χ1) is 11.1. The fourth-order valence-electron chi connectivity index (χ4n) is 4.46. The van der Waals surface area contributed by atoms with E-state index in [2.05, 4.69) is 10.6 Å². The van der Waals surface area contributed by atoms with Crippen molar-refractivity contribution in [3.05, 3.63) is 0 Å². The highest BCUT2D eigenvalue weighted by Crippen LogP contribution is 2.37. The maximum absolute atomic E-state index is 12.6. The zero-order chi connectivity index (χ0) is 16.3. The third-order valence-electron chi connectivity index (χ3n) is 6.17. The summed E-state index contributed by atoms with van der Waals surface area (Å²) in [6, 6.07) is -0.389. The van der Waals surface area contributed by atoms with Gasteiger partial charge < -0.3 is 15.5 Å². The highest BCUT2D eigenvalue weighted by Gasteiger charge is 2.39. The minimum absolute atomic E-state index is 0.0824. The first-order valence-corrected chi connectivity index (χ1v) is 9.40. The number of piperidine rings is 1. The average Bonchev–Trinajstić information content (AvgIpc) is 3.03. The van der Waals surface area contributed by atoms with E-state index in [1.165, 1.54) is 12.8 Å². The Morgan fingerprint density at radius 3 is 2.43 bits per heavy atom. The molecule has 23 heavy (non-hydrogen) atoms. The summed E-state index contributed by atoms with van der Waals surface area (Å²) < 4.78 is 0. The van der Waals surface area contributed by atoms with E-state index >= 15 is 0 Å². The number of carbonyl (C=O) groups excluding carboxylic acids is 2. The van der Waals surface area contributed by atoms with Gasteiger partial charge in [0.25, 0.3) is 0 Å². The fraction of sp³-hybridized carbons (Fsp3) is 0.889. The maximum Gasteiger partial charge on any atom is 0.244 e. The molecular formula is C18H31N3O2. The molecule has 0 aromatic heterocycles. The van der Waals surface area contributed by atoms with Crippen LogP contribution in [0.1, 0.15) is 58.3 Å². The Kier molecular flexibility index (Phi) is 5.24. The number of likely N-dealkylation sites (tertiary alicyclic amines) is 1. The lowest BCUT2D eigenvalue weighted by atomic mass is 9.78. The Labute approximate surface area is 139 Å². The number of nitrogens with one attached hydrogen (secondary N) is 2. The van der Waals surface area contributed by atoms with Crippen molar-refractivity contribution in [2.45, 2.75) is 64.3 Å². The van der Waals surface area contributed by atoms with Crippen molar-refractivity contribution < 1.29 is 9.59 Å². The van der Waals surface area contributed by atoms with Crippen LogP contribution in [0.25, 0.3) is 0 Å². The summed E-state index contributed by atoms with van der Waals surface area (Å²) in [7, 11) is 0. The van der Waals surface area contributed by atoms with Gasteiger partial charge in [0.05, 0.1) is 0 Å². The molecule has 2 aliphatic heterocycles. The van der Waals surface area contributed by atoms with E-state index in [0.29, 0.717) is 5.41 Å². The highest BCUT2D eigenvalue weighted by atomic mass is 16.2. The van der Waals surface area contributed by atoms with Gasteiger partial charge in [0.2, 0.25) is 11.8 Å². The van der Waals surface area contributed by atoms with Gasteiger partial charge in [0, 0.05) is 25.6 Å². The summed E-state index contributed by atoms with van der Waals surface area (Å²) in [6.07, 6.45) is 8.90. The molecule has 0 unspecified atom stereocenters. The van der Waals surface area contributed by atoms with E-state index in [1.807, 2.05) is 11.8 Å². The number of carbonyl (C=O) groups is 2. The van der Waals surface area contributed by atoms with Gasteiger partial charge in [-0.05, 0) is 51.0 Å². The van der Waals surface area contributed by atoms with E-state index in [-0.39, 0.29) is 23.8 Å². The zero-order valence-electron chi connectivity index (χ0n) is 14.4. The Bertz CT molecular complexity index is 430. The number of amides is 2. The normalized spacial score (nSPS) is 26.2. The lowest BCUT2D eigenvalue weighted by molar-refractivity contribution is -0.139. The molecule has 2 saturated heterocycles. The second-order valence-electron chi connectivity index (χ2n) is 7.82. The number of hydrogen-bond acceptors (Lipinski definition) is 3. The first-order valence-electron chi connectivity index (χ1n) is 9.40. The molecule has 3 aliphatic rings. The van der Waals surface area contributed by atoms with Crippen molar-refractivity contribution in [1.29, 1.82) is 0 Å². The number of rotatable bonds is 3. The lowest BCUT2D eigenvalue weighted by Gasteiger charge is -2.39. The smallest absolute Gasteiger partial charge is 0.244 e. The van der Waals surface area contributed by atoms with Crippen molar-refractivity contribution in [3.63, 3.8) is 0 Å². The van der Waals surface area contributed by atoms with E-state index in [9.17, 15) is 9.59 Å². The maximum atomic E-state index is 12.6. The lowest BCUT2D eigenvalue weighted by Crippen LogP contribution is -2.52. The molecule has 2 heterocycles. The summed E-state index contributed by atoms with van der Waals surface area (Å²) >= 11 is 0. The van der Waals surface area contributed by atoms with Gasteiger partial charge in [-0.1, -0.05) is 19.3 Å². The summed E-state index contributed by atoms with van der Waals surface area (Å²) in [5, 5.41) is 6.42. The van der Waals surface area contributed by atoms with Crippen LogP contribution in [0.15, 0.2) is 0 Å². The van der Waals surface area contributed by atoms with Crippen LogP contribution in [0.4, 0.5) is 0 Å². The van der Waals surface area contributed by atoms with Crippen LogP contribution >= 0.6 is 0 Å². The predicted molar refractivity (Wildman–Crippen MR) is 89.9 cm³/mol. The number of hydrogen-bond donors (Lipinski definition) is 2. The highest BCUT2D eigenvalue weighted by molar-refractivity contribution is 5.88. The summed E-state index contributed by atoms with van der Waals surface area (Å²) in [4.78, 5) is 26.9. The average molecular weight is 321 g/mol. The Morgan fingerprint density at radius 2 is 1.83 bits per heavy atom. The van der Waals surface area contributed by atoms with Gasteiger partial charge in [0.1, 0.15) is 6.04 Å². The molecule has 1 spiro atoms. The van der Waals surface area contributed by atoms with Gasteiger partial charge in [0.15, 0.2) is 0 Å². The molecule has 0 radical (unpaired) electrons. The van der Waals surface area contributed by atoms with Crippen LogP contribution in [0.2, 0.25) is 0 Å². The van der Waals surface area contributed by atoms with Crippen molar-refractivity contribution in [2.24, 2.45) is 11.3 Å². The molecule has 2 N–H and O–H groups in total. The van der Waals surface area contributed by atoms with E-state index in [4.69, 9.17) is 0 Å². The summed E-state index contributed by atoms with van der Waals surface area (Å²) in [6.45, 7) is 5.73. The molecule has 3 rings (SSSR count). The van der Waals surface area contributed by atoms with Gasteiger partial charge in [-0.3, -0.25) is 9.59 Å². The minimum atomic E-state index is -0.389. The summed E-state index contributed by atoms with van der Waals surface area (Å²) in [5.41, 5.74) is 0.422. The van der Waals surface area contributed by atoms with Gasteiger partial charge >= 0.3 is 0 Å². The molecule has 5 heteroatoms. The molecule has 2 amide bonds. The van der Waals surface area contributed by atoms with Crippen LogP contribution in [0.3, 0.4) is 0 Å². The molecule has 3 fully saturated rings. The molecule has 130 valence electrons. The molecule has 1 aliphatic carbocycles. The zero-order valence-corrected chi connectivity index (χ0v) is 14.4. The summed E-state index contributed by atoms with van der Waals surface area (Å²) in [5.74, 6) is 0.294. The Balaban J connectivity index is 1.46. The Morgan fingerprint density at radius 1 is 1.13 bits per heavy atom. The number of nitrogens with zero attached hydrogens (tertiary/aromatic N) is 1. The molecular weight excluding hydrogens is 290 g/mol. The van der Waals surface area contributed by atoms with E-state index < -0.39 is 0 Å². The van der Waals surface area contributed by atoms with Crippen molar-refractivity contribution >= 4 is 11.8 Å².